The Morgan fingerprint density at radius 3 is 2.59 bits per heavy atom. The Bertz CT molecular complexity index is 1150. The minimum Gasteiger partial charge on any atom is -0.491 e. The number of alkyl halides is 1. The van der Waals surface area contributed by atoms with Crippen molar-refractivity contribution < 1.29 is 27.4 Å². The number of ether oxygens (including phenoxy) is 2. The van der Waals surface area contributed by atoms with Gasteiger partial charge in [-0.3, -0.25) is 0 Å². The molecule has 0 radical (unpaired) electrons. The van der Waals surface area contributed by atoms with Crippen LogP contribution >= 0.6 is 0 Å². The van der Waals surface area contributed by atoms with Crippen molar-refractivity contribution in [2.75, 3.05) is 37.5 Å². The fourth-order valence-corrected chi connectivity index (χ4v) is 3.01. The van der Waals surface area contributed by atoms with Gasteiger partial charge in [-0.05, 0) is 38.5 Å². The number of halogens is 3. The van der Waals surface area contributed by atoms with Crippen molar-refractivity contribution in [2.24, 2.45) is 0 Å². The van der Waals surface area contributed by atoms with Crippen LogP contribution in [0.5, 0.6) is 5.75 Å². The molecule has 0 saturated carbocycles. The van der Waals surface area contributed by atoms with Crippen molar-refractivity contribution in [1.29, 1.82) is 0 Å². The summed E-state index contributed by atoms with van der Waals surface area (Å²) in [6, 6.07) is 6.10. The summed E-state index contributed by atoms with van der Waals surface area (Å²) in [7, 11) is 1.53. The number of nitrogens with zero attached hydrogens (tertiary/aromatic N) is 2. The van der Waals surface area contributed by atoms with E-state index in [1.165, 1.54) is 45.5 Å². The fraction of sp³-hybridized carbons (Fsp3) is 0.348. The number of fused-ring (bicyclic) bond motifs is 1. The van der Waals surface area contributed by atoms with Gasteiger partial charge in [0, 0.05) is 31.5 Å². The third-order valence-electron chi connectivity index (χ3n) is 4.70. The molecule has 0 aliphatic rings. The highest BCUT2D eigenvalue weighted by Crippen LogP contribution is 2.30. The normalized spacial score (nSPS) is 11.4. The molecular formula is C23H26F3N5O3. The molecule has 11 heteroatoms. The first-order valence-electron chi connectivity index (χ1n) is 10.5. The molecule has 0 aliphatic heterocycles. The second-order valence-electron chi connectivity index (χ2n) is 8.03. The van der Waals surface area contributed by atoms with E-state index in [-0.39, 0.29) is 53.4 Å². The van der Waals surface area contributed by atoms with E-state index >= 15 is 0 Å². The van der Waals surface area contributed by atoms with Gasteiger partial charge in [0.15, 0.2) is 0 Å². The smallest absolute Gasteiger partial charge is 0.319 e. The van der Waals surface area contributed by atoms with E-state index < -0.39 is 23.3 Å². The molecule has 0 bridgehead atoms. The molecule has 0 spiro atoms. The van der Waals surface area contributed by atoms with Crippen LogP contribution in [-0.4, -0.2) is 48.5 Å². The molecule has 0 fully saturated rings. The number of methoxy groups -OCH3 is 1. The Labute approximate surface area is 194 Å². The van der Waals surface area contributed by atoms with Crippen LogP contribution in [0.3, 0.4) is 0 Å². The molecule has 3 rings (SSSR count). The van der Waals surface area contributed by atoms with Crippen molar-refractivity contribution in [3.63, 3.8) is 0 Å². The van der Waals surface area contributed by atoms with Crippen molar-refractivity contribution in [3.05, 3.63) is 48.3 Å². The zero-order chi connectivity index (χ0) is 24.7. The van der Waals surface area contributed by atoms with Gasteiger partial charge in [-0.2, -0.15) is 0 Å². The summed E-state index contributed by atoms with van der Waals surface area (Å²) in [5.74, 6) is -0.993. The van der Waals surface area contributed by atoms with Crippen LogP contribution in [0.15, 0.2) is 36.7 Å². The fourth-order valence-electron chi connectivity index (χ4n) is 3.01. The zero-order valence-corrected chi connectivity index (χ0v) is 19.0. The van der Waals surface area contributed by atoms with E-state index in [0.29, 0.717) is 6.61 Å². The van der Waals surface area contributed by atoms with E-state index in [1.807, 2.05) is 0 Å². The number of rotatable bonds is 10. The summed E-state index contributed by atoms with van der Waals surface area (Å²) in [4.78, 5) is 20.0. The van der Waals surface area contributed by atoms with Crippen molar-refractivity contribution in [2.45, 2.75) is 25.9 Å². The molecule has 2 amide bonds. The number of amides is 2. The summed E-state index contributed by atoms with van der Waals surface area (Å²) in [6.07, 6.45) is 1.36. The summed E-state index contributed by atoms with van der Waals surface area (Å²) < 4.78 is 53.3. The molecule has 3 aromatic rings. The quantitative estimate of drug-likeness (QED) is 0.358. The maximum Gasteiger partial charge on any atom is 0.319 e. The van der Waals surface area contributed by atoms with Gasteiger partial charge in [0.25, 0.3) is 0 Å². The molecule has 1 heterocycles. The van der Waals surface area contributed by atoms with Gasteiger partial charge in [0.1, 0.15) is 41.8 Å². The average Bonchev–Trinajstić information content (AvgIpc) is 2.75. The molecule has 0 saturated heterocycles. The Morgan fingerprint density at radius 2 is 1.88 bits per heavy atom. The number of benzene rings is 2. The first kappa shape index (κ1) is 25.0. The highest BCUT2D eigenvalue weighted by Gasteiger charge is 2.16. The third kappa shape index (κ3) is 6.95. The van der Waals surface area contributed by atoms with Crippen LogP contribution in [0.25, 0.3) is 10.9 Å². The van der Waals surface area contributed by atoms with Crippen LogP contribution in [-0.2, 0) is 4.74 Å². The van der Waals surface area contributed by atoms with E-state index in [2.05, 4.69) is 25.9 Å². The topological polar surface area (TPSA) is 97.4 Å². The molecular weight excluding hydrogens is 451 g/mol. The molecule has 0 unspecified atom stereocenters. The van der Waals surface area contributed by atoms with E-state index in [0.717, 1.165) is 6.07 Å². The Kier molecular flexibility index (Phi) is 8.11. The van der Waals surface area contributed by atoms with Gasteiger partial charge < -0.3 is 25.4 Å². The number of anilines is 3. The lowest BCUT2D eigenvalue weighted by Crippen LogP contribution is -2.32. The molecule has 0 atom stereocenters. The lowest BCUT2D eigenvalue weighted by molar-refractivity contribution is 0.146. The summed E-state index contributed by atoms with van der Waals surface area (Å²) in [6.45, 7) is 3.54. The number of hydrogen-bond acceptors (Lipinski definition) is 6. The maximum atomic E-state index is 14.8. The van der Waals surface area contributed by atoms with Gasteiger partial charge in [0.05, 0.1) is 23.2 Å². The number of nitrogens with one attached hydrogen (secondary N) is 3. The average molecular weight is 477 g/mol. The van der Waals surface area contributed by atoms with Gasteiger partial charge >= 0.3 is 6.03 Å². The predicted molar refractivity (Wildman–Crippen MR) is 123 cm³/mol. The SMILES string of the molecule is COCCOc1cc(F)c2c(Nc3ccc(NC(=O)NCCC(C)(C)F)cc3F)ncnc2c1. The Balaban J connectivity index is 1.71. The van der Waals surface area contributed by atoms with E-state index in [1.54, 1.807) is 6.07 Å². The van der Waals surface area contributed by atoms with Crippen LogP contribution < -0.4 is 20.7 Å². The molecule has 34 heavy (non-hydrogen) atoms. The minimum atomic E-state index is -1.41. The van der Waals surface area contributed by atoms with Gasteiger partial charge in [0.2, 0.25) is 0 Å². The molecule has 0 aliphatic carbocycles. The minimum absolute atomic E-state index is 0.0185. The second kappa shape index (κ2) is 11.0. The largest absolute Gasteiger partial charge is 0.491 e. The van der Waals surface area contributed by atoms with E-state index in [9.17, 15) is 18.0 Å². The Morgan fingerprint density at radius 1 is 1.09 bits per heavy atom. The number of aromatic nitrogens is 2. The van der Waals surface area contributed by atoms with Gasteiger partial charge in [-0.25, -0.2) is 27.9 Å². The first-order chi connectivity index (χ1) is 16.2. The highest BCUT2D eigenvalue weighted by atomic mass is 19.1. The maximum absolute atomic E-state index is 14.8. The van der Waals surface area contributed by atoms with Crippen molar-refractivity contribution >= 4 is 34.1 Å². The summed E-state index contributed by atoms with van der Waals surface area (Å²) >= 11 is 0. The zero-order valence-electron chi connectivity index (χ0n) is 19.0. The number of carbonyl (C=O) groups is 1. The van der Waals surface area contributed by atoms with Crippen molar-refractivity contribution in [3.8, 4) is 5.75 Å². The van der Waals surface area contributed by atoms with Crippen LogP contribution in [0.4, 0.5) is 35.2 Å². The molecule has 3 N–H and O–H groups in total. The van der Waals surface area contributed by atoms with Crippen molar-refractivity contribution in [1.82, 2.24) is 15.3 Å². The molecule has 182 valence electrons. The molecule has 2 aromatic carbocycles. The third-order valence-corrected chi connectivity index (χ3v) is 4.70. The van der Waals surface area contributed by atoms with Crippen LogP contribution in [0.1, 0.15) is 20.3 Å². The second-order valence-corrected chi connectivity index (χ2v) is 8.03. The lowest BCUT2D eigenvalue weighted by atomic mass is 10.1. The number of carbonyl (C=O) groups excluding carboxylic acids is 1. The number of hydrogen-bond donors (Lipinski definition) is 3. The highest BCUT2D eigenvalue weighted by molar-refractivity contribution is 5.92. The summed E-state index contributed by atoms with van der Waals surface area (Å²) in [5, 5.41) is 7.81. The summed E-state index contributed by atoms with van der Waals surface area (Å²) in [5.41, 5.74) is -0.922. The number of urea groups is 1. The molecule has 8 nitrogen and oxygen atoms in total. The van der Waals surface area contributed by atoms with Crippen LogP contribution in [0, 0.1) is 11.6 Å². The Hall–Kier alpha value is -3.60. The first-order valence-corrected chi connectivity index (χ1v) is 10.5. The lowest BCUT2D eigenvalue weighted by Gasteiger charge is -2.15. The van der Waals surface area contributed by atoms with Crippen LogP contribution in [0.2, 0.25) is 0 Å². The van der Waals surface area contributed by atoms with Gasteiger partial charge in [-0.1, -0.05) is 0 Å². The molecule has 1 aromatic heterocycles. The van der Waals surface area contributed by atoms with E-state index in [4.69, 9.17) is 9.47 Å². The van der Waals surface area contributed by atoms with Gasteiger partial charge in [-0.15, -0.1) is 0 Å². The predicted octanol–water partition coefficient (Wildman–Crippen LogP) is 4.94. The monoisotopic (exact) mass is 477 g/mol. The standard InChI is InChI=1S/C23H26F3N5O3/c1-23(2,26)6-7-27-22(32)30-14-4-5-18(16(24)10-14)31-21-20-17(25)11-15(34-9-8-33-3)12-19(20)28-13-29-21/h4-5,10-13H,6-9H2,1-3H3,(H2,27,30,32)(H,28,29,31).